The van der Waals surface area contributed by atoms with Crippen LogP contribution < -0.4 is 11.1 Å². The van der Waals surface area contributed by atoms with Crippen molar-refractivity contribution < 1.29 is 13.8 Å². The molecule has 1 aromatic rings. The van der Waals surface area contributed by atoms with E-state index in [1.54, 1.807) is 6.26 Å². The van der Waals surface area contributed by atoms with E-state index < -0.39 is 21.8 Å². The van der Waals surface area contributed by atoms with Crippen LogP contribution in [0.3, 0.4) is 0 Å². The number of nitrogens with zero attached hydrogens (tertiary/aromatic N) is 2. The SMILES string of the molecule is C=S(C)(=O)N(C[C@@H]1CCCN1C(=O)[C@@H](NC(=O)[C@@H](N)CC)C(C)C)[C@H](C)c1ccccc1. The number of carbonyl (C=O) groups is 2. The number of hydrogen-bond donors (Lipinski definition) is 2. The predicted octanol–water partition coefficient (Wildman–Crippen LogP) is 2.18. The number of nitrogens with one attached hydrogen (secondary N) is 1. The van der Waals surface area contributed by atoms with Crippen LogP contribution in [-0.2, 0) is 19.3 Å². The van der Waals surface area contributed by atoms with Gasteiger partial charge in [0.25, 0.3) is 0 Å². The Balaban J connectivity index is 2.22. The number of rotatable bonds is 10. The Morgan fingerprint density at radius 3 is 2.44 bits per heavy atom. The molecule has 0 spiro atoms. The Hall–Kier alpha value is -1.90. The highest BCUT2D eigenvalue weighted by Gasteiger charge is 2.37. The number of likely N-dealkylation sites (tertiary alicyclic amines) is 1. The van der Waals surface area contributed by atoms with Crippen molar-refractivity contribution in [2.45, 2.75) is 71.1 Å². The average Bonchev–Trinajstić information content (AvgIpc) is 3.22. The third-order valence-electron chi connectivity index (χ3n) is 6.27. The Morgan fingerprint density at radius 1 is 1.28 bits per heavy atom. The summed E-state index contributed by atoms with van der Waals surface area (Å²) in [5, 5.41) is 2.86. The molecule has 2 amide bonds. The van der Waals surface area contributed by atoms with Crippen LogP contribution >= 0.6 is 0 Å². The first kappa shape index (κ1) is 26.4. The zero-order valence-electron chi connectivity index (χ0n) is 20.1. The molecule has 8 heteroatoms. The second-order valence-electron chi connectivity index (χ2n) is 9.22. The summed E-state index contributed by atoms with van der Waals surface area (Å²) in [5.41, 5.74) is 6.92. The molecule has 0 radical (unpaired) electrons. The Labute approximate surface area is 193 Å². The Morgan fingerprint density at radius 2 is 1.91 bits per heavy atom. The zero-order valence-corrected chi connectivity index (χ0v) is 20.9. The van der Waals surface area contributed by atoms with Crippen molar-refractivity contribution >= 4 is 27.4 Å². The summed E-state index contributed by atoms with van der Waals surface area (Å²) in [4.78, 5) is 27.7. The summed E-state index contributed by atoms with van der Waals surface area (Å²) in [6.45, 7) is 8.80. The molecule has 1 fully saturated rings. The topological polar surface area (TPSA) is 95.7 Å². The number of amides is 2. The van der Waals surface area contributed by atoms with E-state index in [4.69, 9.17) is 5.73 Å². The van der Waals surface area contributed by atoms with Gasteiger partial charge >= 0.3 is 0 Å². The molecule has 0 aromatic heterocycles. The summed E-state index contributed by atoms with van der Waals surface area (Å²) >= 11 is 0. The van der Waals surface area contributed by atoms with E-state index in [9.17, 15) is 13.8 Å². The van der Waals surface area contributed by atoms with Gasteiger partial charge in [-0.2, -0.15) is 0 Å². The smallest absolute Gasteiger partial charge is 0.245 e. The van der Waals surface area contributed by atoms with Crippen LogP contribution in [0.4, 0.5) is 0 Å². The van der Waals surface area contributed by atoms with Gasteiger partial charge in [0.05, 0.1) is 6.04 Å². The van der Waals surface area contributed by atoms with E-state index in [2.05, 4.69) is 11.2 Å². The maximum atomic E-state index is 13.5. The van der Waals surface area contributed by atoms with Crippen LogP contribution in [0.2, 0.25) is 0 Å². The minimum absolute atomic E-state index is 0.0701. The van der Waals surface area contributed by atoms with Crippen molar-refractivity contribution in [2.75, 3.05) is 19.3 Å². The molecule has 7 nitrogen and oxygen atoms in total. The molecule has 1 aromatic carbocycles. The normalized spacial score (nSPS) is 21.2. The monoisotopic (exact) mass is 464 g/mol. The fraction of sp³-hybridized carbons (Fsp3) is 0.625. The molecule has 32 heavy (non-hydrogen) atoms. The van der Waals surface area contributed by atoms with Gasteiger partial charge in [0.2, 0.25) is 11.8 Å². The molecule has 0 bridgehead atoms. The van der Waals surface area contributed by atoms with Crippen LogP contribution in [0.1, 0.15) is 58.6 Å². The molecular formula is C24H40N4O3S. The minimum Gasteiger partial charge on any atom is -0.343 e. The molecule has 1 aliphatic rings. The minimum atomic E-state index is -2.51. The third kappa shape index (κ3) is 6.56. The summed E-state index contributed by atoms with van der Waals surface area (Å²) in [6, 6.07) is 8.46. The second kappa shape index (κ2) is 11.3. The van der Waals surface area contributed by atoms with Crippen LogP contribution in [0.5, 0.6) is 0 Å². The molecule has 1 saturated heterocycles. The average molecular weight is 465 g/mol. The molecule has 1 unspecified atom stereocenters. The van der Waals surface area contributed by atoms with Gasteiger partial charge in [-0.1, -0.05) is 51.1 Å². The predicted molar refractivity (Wildman–Crippen MR) is 133 cm³/mol. The molecule has 1 heterocycles. The summed E-state index contributed by atoms with van der Waals surface area (Å²) in [5.74, 6) is 3.47. The van der Waals surface area contributed by atoms with E-state index in [-0.39, 0.29) is 29.8 Å². The summed E-state index contributed by atoms with van der Waals surface area (Å²) in [6.07, 6.45) is 3.86. The van der Waals surface area contributed by atoms with Crippen molar-refractivity contribution in [3.63, 3.8) is 0 Å². The van der Waals surface area contributed by atoms with Crippen molar-refractivity contribution in [1.29, 1.82) is 0 Å². The van der Waals surface area contributed by atoms with Gasteiger partial charge in [-0.25, -0.2) is 4.31 Å². The molecule has 0 saturated carbocycles. The van der Waals surface area contributed by atoms with Gasteiger partial charge in [0, 0.05) is 41.1 Å². The highest BCUT2D eigenvalue weighted by atomic mass is 32.2. The molecule has 2 rings (SSSR count). The first-order valence-corrected chi connectivity index (χ1v) is 13.6. The lowest BCUT2D eigenvalue weighted by molar-refractivity contribution is -0.138. The highest BCUT2D eigenvalue weighted by Crippen LogP contribution is 2.27. The largest absolute Gasteiger partial charge is 0.343 e. The van der Waals surface area contributed by atoms with Gasteiger partial charge < -0.3 is 16.0 Å². The lowest BCUT2D eigenvalue weighted by Crippen LogP contribution is -2.56. The fourth-order valence-corrected chi connectivity index (χ4v) is 5.49. The van der Waals surface area contributed by atoms with E-state index in [0.29, 0.717) is 19.5 Å². The van der Waals surface area contributed by atoms with Crippen molar-refractivity contribution in [2.24, 2.45) is 11.7 Å². The fourth-order valence-electron chi connectivity index (χ4n) is 4.21. The van der Waals surface area contributed by atoms with Gasteiger partial charge in [-0.3, -0.25) is 13.8 Å². The lowest BCUT2D eigenvalue weighted by atomic mass is 10.0. The summed E-state index contributed by atoms with van der Waals surface area (Å²) in [7, 11) is -2.51. The number of hydrogen-bond acceptors (Lipinski definition) is 4. The van der Waals surface area contributed by atoms with E-state index >= 15 is 0 Å². The van der Waals surface area contributed by atoms with Gasteiger partial charge in [-0.15, -0.1) is 0 Å². The first-order valence-electron chi connectivity index (χ1n) is 11.5. The highest BCUT2D eigenvalue weighted by molar-refractivity contribution is 7.97. The number of benzene rings is 1. The first-order chi connectivity index (χ1) is 15.0. The third-order valence-corrected chi connectivity index (χ3v) is 7.73. The van der Waals surface area contributed by atoms with Gasteiger partial charge in [0.1, 0.15) is 6.04 Å². The maximum Gasteiger partial charge on any atom is 0.245 e. The second-order valence-corrected chi connectivity index (χ2v) is 11.6. The van der Waals surface area contributed by atoms with Crippen molar-refractivity contribution in [3.8, 4) is 0 Å². The van der Waals surface area contributed by atoms with Crippen molar-refractivity contribution in [1.82, 2.24) is 14.5 Å². The lowest BCUT2D eigenvalue weighted by Gasteiger charge is -2.37. The van der Waals surface area contributed by atoms with E-state index in [0.717, 1.165) is 18.4 Å². The van der Waals surface area contributed by atoms with Gasteiger partial charge in [-0.05, 0) is 43.5 Å². The molecule has 3 N–H and O–H groups in total. The number of carbonyl (C=O) groups excluding carboxylic acids is 2. The standard InChI is InChI=1S/C24H40N4O3S/c1-7-21(25)23(29)26-22(17(2)3)24(30)27-15-11-14-20(27)16-28(32(5,6)31)18(4)19-12-9-8-10-13-19/h8-10,12-13,17-18,20-22H,5,7,11,14-16,25H2,1-4,6H3,(H,26,29)/t18-,20+,21+,22+,32?/m1/s1. The molecule has 1 aliphatic heterocycles. The maximum absolute atomic E-state index is 13.5. The van der Waals surface area contributed by atoms with Crippen LogP contribution in [0.25, 0.3) is 0 Å². The van der Waals surface area contributed by atoms with Gasteiger partial charge in [0.15, 0.2) is 0 Å². The Kier molecular flexibility index (Phi) is 9.30. The molecular weight excluding hydrogens is 424 g/mol. The molecule has 5 atom stereocenters. The Bertz CT molecular complexity index is 872. The molecule has 0 aliphatic carbocycles. The van der Waals surface area contributed by atoms with Crippen LogP contribution in [0, 0.1) is 5.92 Å². The zero-order chi connectivity index (χ0) is 24.1. The molecule has 180 valence electrons. The van der Waals surface area contributed by atoms with E-state index in [1.165, 1.54) is 0 Å². The van der Waals surface area contributed by atoms with Crippen molar-refractivity contribution in [3.05, 3.63) is 35.9 Å². The number of nitrogens with two attached hydrogens (primary N) is 1. The van der Waals surface area contributed by atoms with Crippen LogP contribution in [-0.4, -0.2) is 68.6 Å². The van der Waals surface area contributed by atoms with E-state index in [1.807, 2.05) is 67.2 Å². The summed E-state index contributed by atoms with van der Waals surface area (Å²) < 4.78 is 15.0. The van der Waals surface area contributed by atoms with Crippen LogP contribution in [0.15, 0.2) is 30.3 Å². The quantitative estimate of drug-likeness (QED) is 0.519.